The molecule has 0 spiro atoms. The molecule has 0 saturated carbocycles. The second-order valence-corrected chi connectivity index (χ2v) is 8.33. The summed E-state index contributed by atoms with van der Waals surface area (Å²) < 4.78 is 0. The Bertz CT molecular complexity index is 1230. The van der Waals surface area contributed by atoms with Crippen LogP contribution < -0.4 is 10.2 Å². The van der Waals surface area contributed by atoms with Crippen LogP contribution in [0.25, 0.3) is 22.2 Å². The highest BCUT2D eigenvalue weighted by Gasteiger charge is 2.29. The molecule has 1 fully saturated rings. The van der Waals surface area contributed by atoms with Crippen LogP contribution in [-0.2, 0) is 11.3 Å². The molecule has 4 aromatic rings. The van der Waals surface area contributed by atoms with E-state index >= 15 is 0 Å². The number of nitrogens with one attached hydrogen (secondary N) is 3. The molecule has 3 aromatic heterocycles. The summed E-state index contributed by atoms with van der Waals surface area (Å²) in [5.74, 6) is 2.45. The van der Waals surface area contributed by atoms with Gasteiger partial charge in [-0.25, -0.2) is 15.0 Å². The molecule has 0 radical (unpaired) electrons. The first kappa shape index (κ1) is 21.2. The molecule has 1 amide bonds. The van der Waals surface area contributed by atoms with E-state index in [-0.39, 0.29) is 11.8 Å². The van der Waals surface area contributed by atoms with Crippen LogP contribution in [0, 0.1) is 5.92 Å². The van der Waals surface area contributed by atoms with Gasteiger partial charge in [-0.3, -0.25) is 4.79 Å². The van der Waals surface area contributed by atoms with Gasteiger partial charge in [-0.2, -0.15) is 4.98 Å². The van der Waals surface area contributed by atoms with Crippen molar-refractivity contribution in [1.82, 2.24) is 34.8 Å². The third kappa shape index (κ3) is 4.20. The number of para-hydroxylation sites is 2. The van der Waals surface area contributed by atoms with Crippen LogP contribution in [0.1, 0.15) is 32.5 Å². The van der Waals surface area contributed by atoms with Crippen molar-refractivity contribution in [3.8, 4) is 0 Å². The van der Waals surface area contributed by atoms with Gasteiger partial charge in [0.15, 0.2) is 11.5 Å². The number of carbonyl (C=O) groups excluding carboxylic acids is 1. The molecule has 1 saturated heterocycles. The van der Waals surface area contributed by atoms with Crippen LogP contribution in [0.5, 0.6) is 0 Å². The zero-order valence-corrected chi connectivity index (χ0v) is 19.0. The maximum absolute atomic E-state index is 12.9. The third-order valence-electron chi connectivity index (χ3n) is 6.28. The molecule has 172 valence electrons. The van der Waals surface area contributed by atoms with E-state index < -0.39 is 0 Å². The number of H-pyrrole nitrogens is 2. The number of anilines is 2. The van der Waals surface area contributed by atoms with Crippen LogP contribution in [-0.4, -0.2) is 66.9 Å². The highest BCUT2D eigenvalue weighted by molar-refractivity contribution is 5.85. The molecule has 3 N–H and O–H groups in total. The number of aromatic amines is 2. The van der Waals surface area contributed by atoms with Crippen molar-refractivity contribution in [3.05, 3.63) is 36.4 Å². The standard InChI is InChI=1S/C23H29N9O/c1-3-31(4-2)22(33)15-8-7-11-32(13-15)23-29-19-20(25-14-26-21(19)30-23)24-12-18-27-16-9-5-6-10-17(16)28-18/h5-6,9-10,14-15H,3-4,7-8,11-13H2,1-2H3,(H,27,28)(H2,24,25,26,29,30). The number of imidazole rings is 2. The van der Waals surface area contributed by atoms with E-state index in [1.807, 2.05) is 43.0 Å². The van der Waals surface area contributed by atoms with Crippen molar-refractivity contribution in [2.45, 2.75) is 33.2 Å². The molecule has 0 aliphatic carbocycles. The maximum Gasteiger partial charge on any atom is 0.227 e. The lowest BCUT2D eigenvalue weighted by Gasteiger charge is -2.34. The number of carbonyl (C=O) groups is 1. The van der Waals surface area contributed by atoms with E-state index in [2.05, 4.69) is 35.1 Å². The van der Waals surface area contributed by atoms with Crippen molar-refractivity contribution < 1.29 is 4.79 Å². The van der Waals surface area contributed by atoms with E-state index in [9.17, 15) is 4.79 Å². The Hall–Kier alpha value is -3.69. The normalized spacial score (nSPS) is 16.4. The highest BCUT2D eigenvalue weighted by atomic mass is 16.2. The quantitative estimate of drug-likeness (QED) is 0.398. The van der Waals surface area contributed by atoms with Crippen LogP contribution in [0.4, 0.5) is 11.8 Å². The number of benzene rings is 1. The number of hydrogen-bond donors (Lipinski definition) is 3. The Morgan fingerprint density at radius 2 is 2.03 bits per heavy atom. The number of aromatic nitrogens is 6. The van der Waals surface area contributed by atoms with Gasteiger partial charge in [0.2, 0.25) is 11.9 Å². The zero-order valence-electron chi connectivity index (χ0n) is 19.0. The van der Waals surface area contributed by atoms with E-state index in [0.29, 0.717) is 24.6 Å². The van der Waals surface area contributed by atoms with Gasteiger partial charge in [0, 0.05) is 26.2 Å². The lowest BCUT2D eigenvalue weighted by Crippen LogP contribution is -2.45. The Morgan fingerprint density at radius 1 is 1.18 bits per heavy atom. The number of rotatable bonds is 7. The summed E-state index contributed by atoms with van der Waals surface area (Å²) in [5, 5.41) is 3.34. The summed E-state index contributed by atoms with van der Waals surface area (Å²) in [5.41, 5.74) is 3.29. The molecule has 10 nitrogen and oxygen atoms in total. The summed E-state index contributed by atoms with van der Waals surface area (Å²) >= 11 is 0. The molecule has 4 heterocycles. The lowest BCUT2D eigenvalue weighted by atomic mass is 9.96. The molecule has 1 aliphatic rings. The molecule has 33 heavy (non-hydrogen) atoms. The van der Waals surface area contributed by atoms with Crippen molar-refractivity contribution in [3.63, 3.8) is 0 Å². The SMILES string of the molecule is CCN(CC)C(=O)C1CCCN(c2nc3ncnc(NCc4nc5ccccc5[nH]4)c3[nH]2)C1. The first-order valence-corrected chi connectivity index (χ1v) is 11.6. The maximum atomic E-state index is 12.9. The van der Waals surface area contributed by atoms with Crippen molar-refractivity contribution >= 4 is 39.9 Å². The number of nitrogens with zero attached hydrogens (tertiary/aromatic N) is 6. The Labute approximate surface area is 191 Å². The monoisotopic (exact) mass is 447 g/mol. The van der Waals surface area contributed by atoms with Crippen LogP contribution in [0.2, 0.25) is 0 Å². The minimum Gasteiger partial charge on any atom is -0.361 e. The zero-order chi connectivity index (χ0) is 22.8. The van der Waals surface area contributed by atoms with E-state index in [4.69, 9.17) is 4.98 Å². The molecule has 5 rings (SSSR count). The molecular weight excluding hydrogens is 418 g/mol. The molecule has 10 heteroatoms. The molecule has 1 aromatic carbocycles. The van der Waals surface area contributed by atoms with Crippen LogP contribution >= 0.6 is 0 Å². The molecule has 0 bridgehead atoms. The smallest absolute Gasteiger partial charge is 0.227 e. The number of fused-ring (bicyclic) bond motifs is 2. The van der Waals surface area contributed by atoms with E-state index in [1.54, 1.807) is 0 Å². The summed E-state index contributed by atoms with van der Waals surface area (Å²) in [6, 6.07) is 7.95. The summed E-state index contributed by atoms with van der Waals surface area (Å²) in [4.78, 5) is 41.7. The lowest BCUT2D eigenvalue weighted by molar-refractivity contribution is -0.135. The fraction of sp³-hybridized carbons (Fsp3) is 0.435. The number of hydrogen-bond acceptors (Lipinski definition) is 7. The van der Waals surface area contributed by atoms with Crippen LogP contribution in [0.3, 0.4) is 0 Å². The van der Waals surface area contributed by atoms with Crippen molar-refractivity contribution in [2.75, 3.05) is 36.4 Å². The molecule has 1 unspecified atom stereocenters. The molecular formula is C23H29N9O. The van der Waals surface area contributed by atoms with Gasteiger partial charge in [0.25, 0.3) is 0 Å². The van der Waals surface area contributed by atoms with E-state index in [0.717, 1.165) is 60.8 Å². The fourth-order valence-corrected chi connectivity index (χ4v) is 4.52. The molecule has 1 atom stereocenters. The predicted molar refractivity (Wildman–Crippen MR) is 128 cm³/mol. The van der Waals surface area contributed by atoms with Gasteiger partial charge in [-0.05, 0) is 38.8 Å². The van der Waals surface area contributed by atoms with Gasteiger partial charge in [0.05, 0.1) is 23.5 Å². The first-order valence-electron chi connectivity index (χ1n) is 11.6. The average Bonchev–Trinajstić information content (AvgIpc) is 3.48. The summed E-state index contributed by atoms with van der Waals surface area (Å²) in [7, 11) is 0. The second-order valence-electron chi connectivity index (χ2n) is 8.33. The number of piperidine rings is 1. The minimum atomic E-state index is -0.0105. The van der Waals surface area contributed by atoms with Gasteiger partial charge in [0.1, 0.15) is 17.7 Å². The largest absolute Gasteiger partial charge is 0.361 e. The number of amides is 1. The average molecular weight is 448 g/mol. The van der Waals surface area contributed by atoms with Gasteiger partial charge >= 0.3 is 0 Å². The predicted octanol–water partition coefficient (Wildman–Crippen LogP) is 2.93. The van der Waals surface area contributed by atoms with Crippen LogP contribution in [0.15, 0.2) is 30.6 Å². The van der Waals surface area contributed by atoms with E-state index in [1.165, 1.54) is 6.33 Å². The first-order chi connectivity index (χ1) is 16.2. The second kappa shape index (κ2) is 9.05. The Balaban J connectivity index is 1.33. The highest BCUT2D eigenvalue weighted by Crippen LogP contribution is 2.26. The van der Waals surface area contributed by atoms with Gasteiger partial charge < -0.3 is 25.1 Å². The van der Waals surface area contributed by atoms with Crippen molar-refractivity contribution in [2.24, 2.45) is 5.92 Å². The minimum absolute atomic E-state index is 0.0105. The Kier molecular flexibility index (Phi) is 5.80. The van der Waals surface area contributed by atoms with Gasteiger partial charge in [-0.15, -0.1) is 0 Å². The molecule has 1 aliphatic heterocycles. The summed E-state index contributed by atoms with van der Waals surface area (Å²) in [6.45, 7) is 7.55. The topological polar surface area (TPSA) is 119 Å². The summed E-state index contributed by atoms with van der Waals surface area (Å²) in [6.07, 6.45) is 3.38. The Morgan fingerprint density at radius 3 is 2.85 bits per heavy atom. The fourth-order valence-electron chi connectivity index (χ4n) is 4.52. The van der Waals surface area contributed by atoms with Gasteiger partial charge in [-0.1, -0.05) is 12.1 Å². The van der Waals surface area contributed by atoms with Crippen molar-refractivity contribution in [1.29, 1.82) is 0 Å². The third-order valence-corrected chi connectivity index (χ3v) is 6.28.